The molecule has 0 aliphatic carbocycles. The predicted molar refractivity (Wildman–Crippen MR) is 88.4 cm³/mol. The molecule has 124 valence electrons. The molecule has 1 aromatic carbocycles. The van der Waals surface area contributed by atoms with Crippen molar-refractivity contribution < 1.29 is 14.4 Å². The van der Waals surface area contributed by atoms with Crippen molar-refractivity contribution in [2.24, 2.45) is 0 Å². The zero-order valence-electron chi connectivity index (χ0n) is 13.3. The fourth-order valence-electron chi connectivity index (χ4n) is 2.60. The van der Waals surface area contributed by atoms with Gasteiger partial charge in [-0.15, -0.1) is 0 Å². The second-order valence-electron chi connectivity index (χ2n) is 5.56. The fraction of sp³-hybridized carbons (Fsp3) is 0.438. The van der Waals surface area contributed by atoms with Crippen LogP contribution >= 0.6 is 11.6 Å². The number of hydrogen-bond acceptors (Lipinski definition) is 3. The lowest BCUT2D eigenvalue weighted by Gasteiger charge is -2.34. The van der Waals surface area contributed by atoms with Crippen LogP contribution in [-0.2, 0) is 14.4 Å². The first-order valence-corrected chi connectivity index (χ1v) is 7.81. The molecule has 0 atom stereocenters. The summed E-state index contributed by atoms with van der Waals surface area (Å²) in [5.74, 6) is -0.324. The number of nitrogens with zero attached hydrogens (tertiary/aromatic N) is 3. The standard InChI is InChI=1S/C16H20ClN3O3/c1-12-9-14(17)3-4-15(12)20(13(2)22)10-16(23)19-7-5-18(11-21)6-8-19/h3-4,9,11H,5-8,10H2,1-2H3. The van der Waals surface area contributed by atoms with E-state index in [1.54, 1.807) is 28.0 Å². The maximum Gasteiger partial charge on any atom is 0.242 e. The Kier molecular flexibility index (Phi) is 5.60. The number of anilines is 1. The first-order chi connectivity index (χ1) is 10.9. The van der Waals surface area contributed by atoms with Crippen LogP contribution in [0.15, 0.2) is 18.2 Å². The topological polar surface area (TPSA) is 60.9 Å². The van der Waals surface area contributed by atoms with E-state index in [0.717, 1.165) is 12.0 Å². The lowest BCUT2D eigenvalue weighted by atomic mass is 10.1. The van der Waals surface area contributed by atoms with Gasteiger partial charge in [0.15, 0.2) is 0 Å². The first-order valence-electron chi connectivity index (χ1n) is 7.43. The lowest BCUT2D eigenvalue weighted by Crippen LogP contribution is -2.51. The minimum Gasteiger partial charge on any atom is -0.342 e. The Labute approximate surface area is 140 Å². The maximum absolute atomic E-state index is 12.5. The van der Waals surface area contributed by atoms with Gasteiger partial charge in [0.25, 0.3) is 0 Å². The highest BCUT2D eigenvalue weighted by molar-refractivity contribution is 6.30. The molecule has 1 aliphatic heterocycles. The summed E-state index contributed by atoms with van der Waals surface area (Å²) < 4.78 is 0. The van der Waals surface area contributed by atoms with Crippen molar-refractivity contribution in [3.63, 3.8) is 0 Å². The average Bonchev–Trinajstić information content (AvgIpc) is 2.53. The quantitative estimate of drug-likeness (QED) is 0.778. The highest BCUT2D eigenvalue weighted by Gasteiger charge is 2.24. The smallest absolute Gasteiger partial charge is 0.242 e. The molecule has 1 heterocycles. The molecule has 2 rings (SSSR count). The van der Waals surface area contributed by atoms with Crippen LogP contribution in [0, 0.1) is 6.92 Å². The number of piperazine rings is 1. The minimum atomic E-state index is -0.199. The molecule has 6 nitrogen and oxygen atoms in total. The van der Waals surface area contributed by atoms with Gasteiger partial charge < -0.3 is 14.7 Å². The lowest BCUT2D eigenvalue weighted by molar-refractivity contribution is -0.134. The van der Waals surface area contributed by atoms with Crippen LogP contribution in [0.2, 0.25) is 5.02 Å². The van der Waals surface area contributed by atoms with Gasteiger partial charge in [-0.1, -0.05) is 11.6 Å². The molecule has 23 heavy (non-hydrogen) atoms. The van der Waals surface area contributed by atoms with Crippen molar-refractivity contribution in [3.8, 4) is 0 Å². The molecule has 0 aromatic heterocycles. The Bertz CT molecular complexity index is 613. The Morgan fingerprint density at radius 3 is 2.43 bits per heavy atom. The third-order valence-corrected chi connectivity index (χ3v) is 4.17. The van der Waals surface area contributed by atoms with Crippen molar-refractivity contribution in [1.82, 2.24) is 9.80 Å². The molecule has 7 heteroatoms. The highest BCUT2D eigenvalue weighted by Crippen LogP contribution is 2.24. The third kappa shape index (κ3) is 4.22. The molecule has 0 spiro atoms. The summed E-state index contributed by atoms with van der Waals surface area (Å²) in [6, 6.07) is 5.21. The van der Waals surface area contributed by atoms with E-state index in [1.165, 1.54) is 11.8 Å². The molecule has 3 amide bonds. The van der Waals surface area contributed by atoms with Gasteiger partial charge in [-0.25, -0.2) is 0 Å². The normalized spacial score (nSPS) is 14.6. The van der Waals surface area contributed by atoms with E-state index in [9.17, 15) is 14.4 Å². The number of carbonyl (C=O) groups is 3. The van der Waals surface area contributed by atoms with Crippen molar-refractivity contribution in [2.45, 2.75) is 13.8 Å². The zero-order valence-corrected chi connectivity index (χ0v) is 14.0. The molecule has 0 bridgehead atoms. The monoisotopic (exact) mass is 337 g/mol. The molecule has 1 saturated heterocycles. The molecule has 1 fully saturated rings. The molecule has 0 saturated carbocycles. The largest absolute Gasteiger partial charge is 0.342 e. The summed E-state index contributed by atoms with van der Waals surface area (Å²) in [5, 5.41) is 0.589. The Hall–Kier alpha value is -2.08. The summed E-state index contributed by atoms with van der Waals surface area (Å²) in [5.41, 5.74) is 1.52. The van der Waals surface area contributed by atoms with Crippen LogP contribution in [0.1, 0.15) is 12.5 Å². The maximum atomic E-state index is 12.5. The molecule has 0 N–H and O–H groups in total. The Morgan fingerprint density at radius 2 is 1.91 bits per heavy atom. The van der Waals surface area contributed by atoms with E-state index in [2.05, 4.69) is 0 Å². The van der Waals surface area contributed by atoms with Crippen LogP contribution in [0.5, 0.6) is 0 Å². The molecule has 1 aromatic rings. The molecular weight excluding hydrogens is 318 g/mol. The van der Waals surface area contributed by atoms with Crippen LogP contribution in [-0.4, -0.2) is 60.7 Å². The number of hydrogen-bond donors (Lipinski definition) is 0. The van der Waals surface area contributed by atoms with Crippen LogP contribution in [0.4, 0.5) is 5.69 Å². The average molecular weight is 338 g/mol. The fourth-order valence-corrected chi connectivity index (χ4v) is 2.83. The van der Waals surface area contributed by atoms with Gasteiger partial charge in [-0.2, -0.15) is 0 Å². The zero-order chi connectivity index (χ0) is 17.0. The van der Waals surface area contributed by atoms with Crippen molar-refractivity contribution in [1.29, 1.82) is 0 Å². The number of amides is 3. The predicted octanol–water partition coefficient (Wildman–Crippen LogP) is 1.30. The van der Waals surface area contributed by atoms with Gasteiger partial charge in [0.05, 0.1) is 0 Å². The summed E-state index contributed by atoms with van der Waals surface area (Å²) in [6.45, 7) is 5.30. The van der Waals surface area contributed by atoms with E-state index in [-0.39, 0.29) is 18.4 Å². The molecular formula is C16H20ClN3O3. The number of benzene rings is 1. The Morgan fingerprint density at radius 1 is 1.26 bits per heavy atom. The third-order valence-electron chi connectivity index (χ3n) is 3.94. The number of halogens is 1. The summed E-state index contributed by atoms with van der Waals surface area (Å²) in [4.78, 5) is 39.9. The van der Waals surface area contributed by atoms with Crippen molar-refractivity contribution in [3.05, 3.63) is 28.8 Å². The number of rotatable bonds is 4. The van der Waals surface area contributed by atoms with Gasteiger partial charge in [0.1, 0.15) is 6.54 Å². The SMILES string of the molecule is CC(=O)N(CC(=O)N1CCN(C=O)CC1)c1ccc(Cl)cc1C. The van der Waals surface area contributed by atoms with Gasteiger partial charge in [0, 0.05) is 43.8 Å². The van der Waals surface area contributed by atoms with Crippen molar-refractivity contribution in [2.75, 3.05) is 37.6 Å². The van der Waals surface area contributed by atoms with E-state index < -0.39 is 0 Å². The Balaban J connectivity index is 2.09. The highest BCUT2D eigenvalue weighted by atomic mass is 35.5. The summed E-state index contributed by atoms with van der Waals surface area (Å²) >= 11 is 5.94. The number of aryl methyl sites for hydroxylation is 1. The van der Waals surface area contributed by atoms with Gasteiger partial charge in [-0.3, -0.25) is 14.4 Å². The molecule has 0 radical (unpaired) electrons. The summed E-state index contributed by atoms with van der Waals surface area (Å²) in [7, 11) is 0. The number of carbonyl (C=O) groups excluding carboxylic acids is 3. The molecule has 1 aliphatic rings. The first kappa shape index (κ1) is 17.3. The van der Waals surface area contributed by atoms with Crippen LogP contribution in [0.3, 0.4) is 0 Å². The van der Waals surface area contributed by atoms with Gasteiger partial charge in [0.2, 0.25) is 18.2 Å². The molecule has 0 unspecified atom stereocenters. The van der Waals surface area contributed by atoms with E-state index in [4.69, 9.17) is 11.6 Å². The van der Waals surface area contributed by atoms with E-state index in [0.29, 0.717) is 36.9 Å². The van der Waals surface area contributed by atoms with Crippen LogP contribution in [0.25, 0.3) is 0 Å². The van der Waals surface area contributed by atoms with E-state index >= 15 is 0 Å². The van der Waals surface area contributed by atoms with E-state index in [1.807, 2.05) is 6.92 Å². The van der Waals surface area contributed by atoms with Gasteiger partial charge >= 0.3 is 0 Å². The van der Waals surface area contributed by atoms with Crippen molar-refractivity contribution >= 4 is 35.5 Å². The minimum absolute atomic E-state index is 0.0150. The van der Waals surface area contributed by atoms with Crippen LogP contribution < -0.4 is 4.90 Å². The second kappa shape index (κ2) is 7.46. The van der Waals surface area contributed by atoms with Gasteiger partial charge in [-0.05, 0) is 30.7 Å². The summed E-state index contributed by atoms with van der Waals surface area (Å²) in [6.07, 6.45) is 0.792. The second-order valence-corrected chi connectivity index (χ2v) is 5.99.